The van der Waals surface area contributed by atoms with Crippen molar-refractivity contribution in [2.75, 3.05) is 33.4 Å². The van der Waals surface area contributed by atoms with Crippen molar-refractivity contribution in [2.45, 2.75) is 38.8 Å². The molecule has 5 heteroatoms. The van der Waals surface area contributed by atoms with Crippen LogP contribution in [0.25, 0.3) is 0 Å². The average molecular weight is 267 g/mol. The van der Waals surface area contributed by atoms with Crippen molar-refractivity contribution < 1.29 is 9.26 Å². The van der Waals surface area contributed by atoms with Crippen LogP contribution < -0.4 is 5.32 Å². The van der Waals surface area contributed by atoms with E-state index in [1.165, 1.54) is 19.3 Å². The van der Waals surface area contributed by atoms with Crippen LogP contribution in [0.15, 0.2) is 10.6 Å². The summed E-state index contributed by atoms with van der Waals surface area (Å²) >= 11 is 0. The molecule has 0 radical (unpaired) electrons. The summed E-state index contributed by atoms with van der Waals surface area (Å²) in [5, 5.41) is 7.42. The third kappa shape index (κ3) is 4.60. The highest BCUT2D eigenvalue weighted by Gasteiger charge is 2.23. The molecule has 1 N–H and O–H groups in total. The number of aryl methyl sites for hydroxylation is 1. The van der Waals surface area contributed by atoms with Gasteiger partial charge in [-0.2, -0.15) is 0 Å². The molecule has 0 spiro atoms. The van der Waals surface area contributed by atoms with Gasteiger partial charge >= 0.3 is 0 Å². The van der Waals surface area contributed by atoms with Crippen LogP contribution in [-0.2, 0) is 11.3 Å². The lowest BCUT2D eigenvalue weighted by atomic mass is 10.0. The summed E-state index contributed by atoms with van der Waals surface area (Å²) in [5.74, 6) is 0.973. The zero-order valence-corrected chi connectivity index (χ0v) is 12.0. The summed E-state index contributed by atoms with van der Waals surface area (Å²) < 4.78 is 10.4. The highest BCUT2D eigenvalue weighted by atomic mass is 16.5. The van der Waals surface area contributed by atoms with Crippen molar-refractivity contribution in [3.05, 3.63) is 17.5 Å². The van der Waals surface area contributed by atoms with Gasteiger partial charge in [-0.15, -0.1) is 0 Å². The van der Waals surface area contributed by atoms with Crippen molar-refractivity contribution in [3.8, 4) is 0 Å². The normalized spacial score (nSPS) is 20.8. The van der Waals surface area contributed by atoms with Crippen LogP contribution in [0.5, 0.6) is 0 Å². The molecule has 0 bridgehead atoms. The van der Waals surface area contributed by atoms with E-state index < -0.39 is 0 Å². The van der Waals surface area contributed by atoms with Crippen LogP contribution in [0, 0.1) is 6.92 Å². The molecule has 1 aromatic rings. The number of piperidine rings is 1. The van der Waals surface area contributed by atoms with Crippen LogP contribution in [0.2, 0.25) is 0 Å². The zero-order chi connectivity index (χ0) is 13.5. The molecule has 1 saturated heterocycles. The number of nitrogens with one attached hydrogen (secondary N) is 1. The van der Waals surface area contributed by atoms with Crippen molar-refractivity contribution in [2.24, 2.45) is 0 Å². The second-order valence-electron chi connectivity index (χ2n) is 5.25. The van der Waals surface area contributed by atoms with Gasteiger partial charge in [-0.05, 0) is 26.3 Å². The Kier molecular flexibility index (Phi) is 5.82. The zero-order valence-electron chi connectivity index (χ0n) is 12.0. The van der Waals surface area contributed by atoms with Gasteiger partial charge in [0.05, 0.1) is 18.8 Å². The van der Waals surface area contributed by atoms with E-state index in [1.54, 1.807) is 7.11 Å². The number of aromatic nitrogens is 1. The van der Waals surface area contributed by atoms with Crippen molar-refractivity contribution >= 4 is 0 Å². The Balaban J connectivity index is 1.81. The lowest BCUT2D eigenvalue weighted by molar-refractivity contribution is 0.121. The lowest BCUT2D eigenvalue weighted by Crippen LogP contribution is -2.45. The Bertz CT molecular complexity index is 367. The van der Waals surface area contributed by atoms with Crippen molar-refractivity contribution in [1.29, 1.82) is 0 Å². The Morgan fingerprint density at radius 1 is 1.53 bits per heavy atom. The van der Waals surface area contributed by atoms with Crippen LogP contribution in [-0.4, -0.2) is 49.4 Å². The molecular formula is C14H25N3O2. The monoisotopic (exact) mass is 267 g/mol. The highest BCUT2D eigenvalue weighted by Crippen LogP contribution is 2.19. The van der Waals surface area contributed by atoms with E-state index in [-0.39, 0.29) is 0 Å². The molecule has 108 valence electrons. The van der Waals surface area contributed by atoms with Gasteiger partial charge in [0.2, 0.25) is 0 Å². The van der Waals surface area contributed by atoms with Crippen molar-refractivity contribution in [1.82, 2.24) is 15.4 Å². The number of likely N-dealkylation sites (tertiary alicyclic amines) is 1. The fourth-order valence-electron chi connectivity index (χ4n) is 2.63. The molecule has 2 rings (SSSR count). The maximum Gasteiger partial charge on any atom is 0.150 e. The van der Waals surface area contributed by atoms with Gasteiger partial charge in [0, 0.05) is 32.3 Å². The van der Waals surface area contributed by atoms with Gasteiger partial charge < -0.3 is 14.6 Å². The number of ether oxygens (including phenoxy) is 1. The summed E-state index contributed by atoms with van der Waals surface area (Å²) in [5.41, 5.74) is 0.960. The largest absolute Gasteiger partial charge is 0.383 e. The smallest absolute Gasteiger partial charge is 0.150 e. The van der Waals surface area contributed by atoms with Gasteiger partial charge in [0.1, 0.15) is 0 Å². The van der Waals surface area contributed by atoms with Crippen LogP contribution in [0.1, 0.15) is 30.7 Å². The Labute approximate surface area is 115 Å². The molecule has 0 amide bonds. The standard InChI is InChI=1S/C14H25N3O2/c1-12-9-14(19-16-12)11-17-7-4-3-5-13(17)10-15-6-8-18-2/h9,13,15H,3-8,10-11H2,1-2H3. The second kappa shape index (κ2) is 7.62. The molecule has 5 nitrogen and oxygen atoms in total. The Morgan fingerprint density at radius 3 is 3.16 bits per heavy atom. The molecule has 1 aliphatic heterocycles. The van der Waals surface area contributed by atoms with Gasteiger partial charge in [-0.3, -0.25) is 4.90 Å². The van der Waals surface area contributed by atoms with E-state index in [9.17, 15) is 0 Å². The molecule has 1 unspecified atom stereocenters. The molecule has 2 heterocycles. The Morgan fingerprint density at radius 2 is 2.42 bits per heavy atom. The number of methoxy groups -OCH3 is 1. The topological polar surface area (TPSA) is 50.5 Å². The molecular weight excluding hydrogens is 242 g/mol. The van der Waals surface area contributed by atoms with Crippen LogP contribution in [0.4, 0.5) is 0 Å². The second-order valence-corrected chi connectivity index (χ2v) is 5.25. The minimum atomic E-state index is 0.594. The summed E-state index contributed by atoms with van der Waals surface area (Å²) in [6.45, 7) is 6.70. The molecule has 1 aromatic heterocycles. The molecule has 0 aromatic carbocycles. The Hall–Kier alpha value is -0.910. The van der Waals surface area contributed by atoms with Crippen LogP contribution in [0.3, 0.4) is 0 Å². The van der Waals surface area contributed by atoms with E-state index >= 15 is 0 Å². The van der Waals surface area contributed by atoms with E-state index in [0.717, 1.165) is 44.2 Å². The minimum Gasteiger partial charge on any atom is -0.383 e. The number of rotatable bonds is 7. The third-order valence-corrected chi connectivity index (χ3v) is 3.65. The van der Waals surface area contributed by atoms with Gasteiger partial charge in [0.25, 0.3) is 0 Å². The van der Waals surface area contributed by atoms with E-state index in [2.05, 4.69) is 15.4 Å². The first-order valence-corrected chi connectivity index (χ1v) is 7.15. The fraction of sp³-hybridized carbons (Fsp3) is 0.786. The first-order valence-electron chi connectivity index (χ1n) is 7.15. The number of hydrogen-bond donors (Lipinski definition) is 1. The molecule has 0 aliphatic carbocycles. The SMILES string of the molecule is COCCNCC1CCCCN1Cc1cc(C)no1. The predicted molar refractivity (Wildman–Crippen MR) is 74.0 cm³/mol. The maximum absolute atomic E-state index is 5.33. The summed E-state index contributed by atoms with van der Waals surface area (Å²) in [4.78, 5) is 2.50. The lowest BCUT2D eigenvalue weighted by Gasteiger charge is -2.35. The quantitative estimate of drug-likeness (QED) is 0.760. The molecule has 0 saturated carbocycles. The molecule has 19 heavy (non-hydrogen) atoms. The first-order chi connectivity index (χ1) is 9.29. The van der Waals surface area contributed by atoms with Gasteiger partial charge in [-0.25, -0.2) is 0 Å². The number of hydrogen-bond acceptors (Lipinski definition) is 5. The molecule has 1 aliphatic rings. The summed E-state index contributed by atoms with van der Waals surface area (Å²) in [7, 11) is 1.74. The average Bonchev–Trinajstić information content (AvgIpc) is 2.82. The maximum atomic E-state index is 5.33. The van der Waals surface area contributed by atoms with E-state index in [4.69, 9.17) is 9.26 Å². The third-order valence-electron chi connectivity index (χ3n) is 3.65. The van der Waals surface area contributed by atoms with Gasteiger partial charge in [-0.1, -0.05) is 11.6 Å². The molecule has 1 fully saturated rings. The fourth-order valence-corrected chi connectivity index (χ4v) is 2.63. The number of nitrogens with zero attached hydrogens (tertiary/aromatic N) is 2. The predicted octanol–water partition coefficient (Wildman–Crippen LogP) is 1.57. The van der Waals surface area contributed by atoms with Crippen molar-refractivity contribution in [3.63, 3.8) is 0 Å². The van der Waals surface area contributed by atoms with E-state index in [0.29, 0.717) is 6.04 Å². The van der Waals surface area contributed by atoms with Crippen LogP contribution >= 0.6 is 0 Å². The van der Waals surface area contributed by atoms with E-state index in [1.807, 2.05) is 13.0 Å². The minimum absolute atomic E-state index is 0.594. The summed E-state index contributed by atoms with van der Waals surface area (Å²) in [6.07, 6.45) is 3.86. The highest BCUT2D eigenvalue weighted by molar-refractivity contribution is 5.03. The molecule has 1 atom stereocenters. The van der Waals surface area contributed by atoms with Gasteiger partial charge in [0.15, 0.2) is 5.76 Å². The first kappa shape index (κ1) is 14.5. The summed E-state index contributed by atoms with van der Waals surface area (Å²) in [6, 6.07) is 2.63.